The van der Waals surface area contributed by atoms with Gasteiger partial charge in [-0.25, -0.2) is 0 Å². The molecule has 1 nitrogen and oxygen atoms in total. The molecule has 1 atom stereocenters. The maximum atomic E-state index is 12.3. The van der Waals surface area contributed by atoms with Gasteiger partial charge in [-0.1, -0.05) is 11.6 Å². The van der Waals surface area contributed by atoms with Crippen molar-refractivity contribution in [1.82, 2.24) is 0 Å². The maximum Gasteiger partial charge on any atom is 0.119 e. The molecule has 0 fully saturated rings. The number of methoxy groups -OCH3 is 1. The molecule has 0 aliphatic carbocycles. The van der Waals surface area contributed by atoms with Gasteiger partial charge in [0.05, 0.1) is 13.8 Å². The van der Waals surface area contributed by atoms with Crippen molar-refractivity contribution in [2.45, 2.75) is 5.92 Å². The molecular weight excluding hydrogens is 191 g/mol. The lowest BCUT2D eigenvalue weighted by Gasteiger charge is -2.10. The average molecular weight is 202 g/mol. The van der Waals surface area contributed by atoms with E-state index in [0.29, 0.717) is 16.3 Å². The van der Waals surface area contributed by atoms with Gasteiger partial charge in [0.15, 0.2) is 0 Å². The van der Waals surface area contributed by atoms with Crippen LogP contribution in [0.3, 0.4) is 0 Å². The highest BCUT2D eigenvalue weighted by Gasteiger charge is 2.10. The molecule has 1 rings (SSSR count). The molecule has 0 N–H and O–H groups in total. The van der Waals surface area contributed by atoms with Crippen LogP contribution in [0.15, 0.2) is 18.2 Å². The maximum absolute atomic E-state index is 12.3. The Bertz CT molecular complexity index is 288. The first-order valence-corrected chi connectivity index (χ1v) is 4.29. The molecule has 0 heterocycles. The monoisotopic (exact) mass is 201 g/mol. The Morgan fingerprint density at radius 1 is 1.62 bits per heavy atom. The van der Waals surface area contributed by atoms with Crippen LogP contribution in [0.2, 0.25) is 5.02 Å². The number of rotatable bonds is 3. The van der Waals surface area contributed by atoms with Crippen LogP contribution in [0.4, 0.5) is 4.39 Å². The minimum absolute atomic E-state index is 0.428. The summed E-state index contributed by atoms with van der Waals surface area (Å²) >= 11 is 5.86. The summed E-state index contributed by atoms with van der Waals surface area (Å²) in [5.74, 6) is 0.240. The Kier molecular flexibility index (Phi) is 3.55. The smallest absolute Gasteiger partial charge is 0.119 e. The molecule has 0 aromatic heterocycles. The van der Waals surface area contributed by atoms with Gasteiger partial charge < -0.3 is 4.74 Å². The zero-order chi connectivity index (χ0) is 9.84. The van der Waals surface area contributed by atoms with Gasteiger partial charge in [-0.2, -0.15) is 0 Å². The number of benzene rings is 1. The Morgan fingerprint density at radius 3 is 2.85 bits per heavy atom. The van der Waals surface area contributed by atoms with E-state index in [1.165, 1.54) is 0 Å². The third kappa shape index (κ3) is 2.34. The van der Waals surface area contributed by atoms with Crippen molar-refractivity contribution in [2.75, 3.05) is 13.8 Å². The number of hydrogen-bond donors (Lipinski definition) is 0. The van der Waals surface area contributed by atoms with Gasteiger partial charge in [-0.05, 0) is 30.7 Å². The first kappa shape index (κ1) is 10.3. The Hall–Kier alpha value is -0.760. The molecular formula is C10H11ClFO. The molecule has 0 amide bonds. The predicted molar refractivity (Wildman–Crippen MR) is 52.1 cm³/mol. The SMILES string of the molecule is [CH2]C(CF)c1cc(OC)ccc1Cl. The molecule has 0 spiro atoms. The van der Waals surface area contributed by atoms with E-state index in [1.54, 1.807) is 25.3 Å². The molecule has 0 aliphatic rings. The fourth-order valence-electron chi connectivity index (χ4n) is 1.04. The second kappa shape index (κ2) is 4.47. The van der Waals surface area contributed by atoms with Crippen molar-refractivity contribution in [1.29, 1.82) is 0 Å². The number of halogens is 2. The van der Waals surface area contributed by atoms with E-state index >= 15 is 0 Å². The number of hydrogen-bond acceptors (Lipinski definition) is 1. The third-order valence-electron chi connectivity index (χ3n) is 1.83. The highest BCUT2D eigenvalue weighted by atomic mass is 35.5. The van der Waals surface area contributed by atoms with Crippen molar-refractivity contribution in [3.05, 3.63) is 35.7 Å². The largest absolute Gasteiger partial charge is 0.497 e. The lowest BCUT2D eigenvalue weighted by Crippen LogP contribution is -1.97. The molecule has 71 valence electrons. The lowest BCUT2D eigenvalue weighted by atomic mass is 10.0. The minimum atomic E-state index is -0.521. The molecule has 1 radical (unpaired) electrons. The average Bonchev–Trinajstić information content (AvgIpc) is 2.17. The van der Waals surface area contributed by atoms with Crippen LogP contribution in [-0.2, 0) is 0 Å². The van der Waals surface area contributed by atoms with Crippen molar-refractivity contribution in [3.63, 3.8) is 0 Å². The quantitative estimate of drug-likeness (QED) is 0.730. The van der Waals surface area contributed by atoms with Crippen LogP contribution < -0.4 is 4.74 Å². The lowest BCUT2D eigenvalue weighted by molar-refractivity contribution is 0.412. The summed E-state index contributed by atoms with van der Waals surface area (Å²) in [5.41, 5.74) is 0.684. The van der Waals surface area contributed by atoms with Gasteiger partial charge in [0.2, 0.25) is 0 Å². The summed E-state index contributed by atoms with van der Waals surface area (Å²) in [6.45, 7) is 3.13. The van der Waals surface area contributed by atoms with E-state index in [1.807, 2.05) is 0 Å². The van der Waals surface area contributed by atoms with Gasteiger partial charge in [-0.3, -0.25) is 4.39 Å². The zero-order valence-corrected chi connectivity index (χ0v) is 8.14. The number of alkyl halides is 1. The second-order valence-electron chi connectivity index (χ2n) is 2.74. The van der Waals surface area contributed by atoms with E-state index in [4.69, 9.17) is 16.3 Å². The second-order valence-corrected chi connectivity index (χ2v) is 3.15. The van der Waals surface area contributed by atoms with E-state index < -0.39 is 12.6 Å². The summed E-state index contributed by atoms with van der Waals surface area (Å²) in [7, 11) is 1.56. The molecule has 0 saturated heterocycles. The van der Waals surface area contributed by atoms with Crippen LogP contribution in [0, 0.1) is 6.92 Å². The third-order valence-corrected chi connectivity index (χ3v) is 2.17. The molecule has 0 saturated carbocycles. The summed E-state index contributed by atoms with van der Waals surface area (Å²) in [6.07, 6.45) is 0. The van der Waals surface area contributed by atoms with Crippen molar-refractivity contribution in [2.24, 2.45) is 0 Å². The minimum Gasteiger partial charge on any atom is -0.497 e. The number of ether oxygens (including phenoxy) is 1. The Labute approximate surface area is 82.5 Å². The molecule has 0 aliphatic heterocycles. The van der Waals surface area contributed by atoms with E-state index in [2.05, 4.69) is 6.92 Å². The van der Waals surface area contributed by atoms with Gasteiger partial charge in [-0.15, -0.1) is 0 Å². The van der Waals surface area contributed by atoms with Crippen molar-refractivity contribution in [3.8, 4) is 5.75 Å². The summed E-state index contributed by atoms with van der Waals surface area (Å²) < 4.78 is 17.3. The van der Waals surface area contributed by atoms with E-state index in [-0.39, 0.29) is 0 Å². The van der Waals surface area contributed by atoms with Gasteiger partial charge >= 0.3 is 0 Å². The Morgan fingerprint density at radius 2 is 2.31 bits per heavy atom. The first-order valence-electron chi connectivity index (χ1n) is 3.91. The van der Waals surface area contributed by atoms with Gasteiger partial charge in [0.25, 0.3) is 0 Å². The van der Waals surface area contributed by atoms with Gasteiger partial charge in [0, 0.05) is 10.9 Å². The summed E-state index contributed by atoms with van der Waals surface area (Å²) in [5, 5.41) is 0.526. The fraction of sp³-hybridized carbons (Fsp3) is 0.300. The Balaban J connectivity index is 3.03. The normalized spacial score (nSPS) is 12.6. The molecule has 1 unspecified atom stereocenters. The highest BCUT2D eigenvalue weighted by Crippen LogP contribution is 2.28. The molecule has 1 aromatic rings. The van der Waals surface area contributed by atoms with Crippen LogP contribution >= 0.6 is 11.6 Å². The van der Waals surface area contributed by atoms with Crippen LogP contribution in [-0.4, -0.2) is 13.8 Å². The molecule has 1 aromatic carbocycles. The zero-order valence-electron chi connectivity index (χ0n) is 7.39. The van der Waals surface area contributed by atoms with Crippen molar-refractivity contribution >= 4 is 11.6 Å². The standard InChI is InChI=1S/C10H11ClFO/c1-7(6-12)9-5-8(13-2)3-4-10(9)11/h3-5,7H,1,6H2,2H3. The van der Waals surface area contributed by atoms with Crippen LogP contribution in [0.1, 0.15) is 11.5 Å². The topological polar surface area (TPSA) is 9.23 Å². The summed E-state index contributed by atoms with van der Waals surface area (Å²) in [6, 6.07) is 5.12. The summed E-state index contributed by atoms with van der Waals surface area (Å²) in [4.78, 5) is 0. The first-order chi connectivity index (χ1) is 6.19. The van der Waals surface area contributed by atoms with Gasteiger partial charge in [0.1, 0.15) is 5.75 Å². The molecule has 13 heavy (non-hydrogen) atoms. The van der Waals surface area contributed by atoms with E-state index in [9.17, 15) is 4.39 Å². The van der Waals surface area contributed by atoms with Crippen molar-refractivity contribution < 1.29 is 9.13 Å². The predicted octanol–water partition coefficient (Wildman–Crippen LogP) is 3.24. The van der Waals surface area contributed by atoms with Crippen LogP contribution in [0.25, 0.3) is 0 Å². The highest BCUT2D eigenvalue weighted by molar-refractivity contribution is 6.31. The molecule has 0 bridgehead atoms. The fourth-order valence-corrected chi connectivity index (χ4v) is 1.32. The van der Waals surface area contributed by atoms with Crippen LogP contribution in [0.5, 0.6) is 5.75 Å². The van der Waals surface area contributed by atoms with E-state index in [0.717, 1.165) is 0 Å². The molecule has 3 heteroatoms.